The normalized spacial score (nSPS) is 16.7. The van der Waals surface area contributed by atoms with Gasteiger partial charge in [0.15, 0.2) is 0 Å². The Balaban J connectivity index is 1.73. The molecule has 0 heterocycles. The zero-order valence-electron chi connectivity index (χ0n) is 14.3. The van der Waals surface area contributed by atoms with Crippen LogP contribution in [0.5, 0.6) is 11.5 Å². The molecule has 3 rings (SSSR count). The molecule has 0 saturated heterocycles. The summed E-state index contributed by atoms with van der Waals surface area (Å²) in [6.45, 7) is 7.26. The van der Waals surface area contributed by atoms with Crippen LogP contribution in [0, 0.1) is 0 Å². The highest BCUT2D eigenvalue weighted by atomic mass is 16.5. The molecule has 1 N–H and O–H groups in total. The number of phenolic OH excluding ortho intramolecular Hbond substituents is 1. The fraction of sp³-hybridized carbons (Fsp3) is 0.429. The van der Waals surface area contributed by atoms with Crippen molar-refractivity contribution in [2.24, 2.45) is 0 Å². The summed E-state index contributed by atoms with van der Waals surface area (Å²) in [4.78, 5) is 0. The van der Waals surface area contributed by atoms with E-state index in [-0.39, 0.29) is 10.8 Å². The van der Waals surface area contributed by atoms with E-state index in [1.54, 1.807) is 6.07 Å². The van der Waals surface area contributed by atoms with Crippen molar-refractivity contribution in [2.75, 3.05) is 6.61 Å². The minimum atomic E-state index is -0.0337. The molecule has 0 amide bonds. The Morgan fingerprint density at radius 3 is 2.17 bits per heavy atom. The molecule has 2 nitrogen and oxygen atoms in total. The highest BCUT2D eigenvalue weighted by Crippen LogP contribution is 2.47. The monoisotopic (exact) mass is 310 g/mol. The van der Waals surface area contributed by atoms with Crippen molar-refractivity contribution in [1.29, 1.82) is 0 Å². The van der Waals surface area contributed by atoms with E-state index in [1.165, 1.54) is 12.0 Å². The van der Waals surface area contributed by atoms with Crippen LogP contribution >= 0.6 is 0 Å². The molecule has 2 heteroatoms. The van der Waals surface area contributed by atoms with Gasteiger partial charge >= 0.3 is 0 Å². The SMILES string of the molecule is CC(C)(C)c1ccc(OCC2(c3ccccc3O)CCC2)cc1. The van der Waals surface area contributed by atoms with Crippen molar-refractivity contribution >= 4 is 0 Å². The van der Waals surface area contributed by atoms with Crippen LogP contribution in [0.3, 0.4) is 0 Å². The second kappa shape index (κ2) is 5.92. The van der Waals surface area contributed by atoms with Crippen molar-refractivity contribution in [1.82, 2.24) is 0 Å². The summed E-state index contributed by atoms with van der Waals surface area (Å²) in [5.74, 6) is 1.29. The van der Waals surface area contributed by atoms with Crippen LogP contribution in [-0.2, 0) is 10.8 Å². The van der Waals surface area contributed by atoms with Crippen molar-refractivity contribution in [2.45, 2.75) is 50.9 Å². The molecule has 0 bridgehead atoms. The van der Waals surface area contributed by atoms with E-state index in [1.807, 2.05) is 18.2 Å². The van der Waals surface area contributed by atoms with Gasteiger partial charge in [0, 0.05) is 11.0 Å². The van der Waals surface area contributed by atoms with Gasteiger partial charge in [-0.05, 0) is 42.0 Å². The van der Waals surface area contributed by atoms with E-state index in [0.29, 0.717) is 12.4 Å². The second-order valence-electron chi connectivity index (χ2n) is 7.71. The number of ether oxygens (including phenoxy) is 1. The predicted octanol–water partition coefficient (Wildman–Crippen LogP) is 5.19. The van der Waals surface area contributed by atoms with Gasteiger partial charge in [0.2, 0.25) is 0 Å². The minimum absolute atomic E-state index is 0.0337. The molecule has 2 aromatic carbocycles. The number of aromatic hydroxyl groups is 1. The van der Waals surface area contributed by atoms with Crippen molar-refractivity contribution < 1.29 is 9.84 Å². The van der Waals surface area contributed by atoms with Gasteiger partial charge in [0.25, 0.3) is 0 Å². The van der Waals surface area contributed by atoms with E-state index in [2.05, 4.69) is 45.0 Å². The van der Waals surface area contributed by atoms with E-state index < -0.39 is 0 Å². The Labute approximate surface area is 139 Å². The summed E-state index contributed by atoms with van der Waals surface area (Å²) in [5.41, 5.74) is 2.46. The molecular weight excluding hydrogens is 284 g/mol. The Morgan fingerprint density at radius 1 is 1.00 bits per heavy atom. The summed E-state index contributed by atoms with van der Waals surface area (Å²) in [7, 11) is 0. The average molecular weight is 310 g/mol. The minimum Gasteiger partial charge on any atom is -0.508 e. The van der Waals surface area contributed by atoms with Crippen LogP contribution in [-0.4, -0.2) is 11.7 Å². The van der Waals surface area contributed by atoms with Gasteiger partial charge < -0.3 is 9.84 Å². The maximum absolute atomic E-state index is 10.2. The lowest BCUT2D eigenvalue weighted by molar-refractivity contribution is 0.133. The van der Waals surface area contributed by atoms with Gasteiger partial charge in [-0.1, -0.05) is 57.5 Å². The van der Waals surface area contributed by atoms with Crippen LogP contribution in [0.2, 0.25) is 0 Å². The zero-order valence-corrected chi connectivity index (χ0v) is 14.3. The number of para-hydroxylation sites is 1. The molecular formula is C21H26O2. The predicted molar refractivity (Wildman–Crippen MR) is 94.3 cm³/mol. The molecule has 122 valence electrons. The summed E-state index contributed by atoms with van der Waals surface area (Å²) < 4.78 is 6.08. The first-order valence-corrected chi connectivity index (χ1v) is 8.43. The smallest absolute Gasteiger partial charge is 0.119 e. The van der Waals surface area contributed by atoms with E-state index in [0.717, 1.165) is 24.2 Å². The lowest BCUT2D eigenvalue weighted by Crippen LogP contribution is -2.40. The third kappa shape index (κ3) is 3.21. The molecule has 2 aromatic rings. The largest absolute Gasteiger partial charge is 0.508 e. The first kappa shape index (κ1) is 15.9. The molecule has 1 saturated carbocycles. The van der Waals surface area contributed by atoms with Gasteiger partial charge in [-0.3, -0.25) is 0 Å². The average Bonchev–Trinajstić information content (AvgIpc) is 2.47. The highest BCUT2D eigenvalue weighted by molar-refractivity contribution is 5.40. The number of hydrogen-bond donors (Lipinski definition) is 1. The van der Waals surface area contributed by atoms with Gasteiger partial charge in [0.1, 0.15) is 11.5 Å². The van der Waals surface area contributed by atoms with Gasteiger partial charge in [0.05, 0.1) is 6.61 Å². The van der Waals surface area contributed by atoms with Crippen molar-refractivity contribution in [3.05, 3.63) is 59.7 Å². The third-order valence-corrected chi connectivity index (χ3v) is 5.02. The quantitative estimate of drug-likeness (QED) is 0.842. The highest BCUT2D eigenvalue weighted by Gasteiger charge is 2.41. The number of phenols is 1. The van der Waals surface area contributed by atoms with E-state index in [4.69, 9.17) is 4.74 Å². The molecule has 1 aliphatic rings. The fourth-order valence-corrected chi connectivity index (χ4v) is 3.29. The molecule has 0 aliphatic heterocycles. The standard InChI is InChI=1S/C21H26O2/c1-20(2,3)16-9-11-17(12-10-16)23-15-21(13-6-14-21)18-7-4-5-8-19(18)22/h4-5,7-12,22H,6,13-15H2,1-3H3. The van der Waals surface area contributed by atoms with E-state index >= 15 is 0 Å². The van der Waals surface area contributed by atoms with Crippen LogP contribution in [0.25, 0.3) is 0 Å². The molecule has 1 fully saturated rings. The zero-order chi connectivity index (χ0) is 16.5. The maximum Gasteiger partial charge on any atom is 0.119 e. The summed E-state index contributed by atoms with van der Waals surface area (Å²) in [6.07, 6.45) is 3.34. The second-order valence-corrected chi connectivity index (χ2v) is 7.71. The lowest BCUT2D eigenvalue weighted by atomic mass is 9.65. The van der Waals surface area contributed by atoms with Crippen molar-refractivity contribution in [3.63, 3.8) is 0 Å². The third-order valence-electron chi connectivity index (χ3n) is 5.02. The lowest BCUT2D eigenvalue weighted by Gasteiger charge is -2.42. The Kier molecular flexibility index (Phi) is 4.09. The molecule has 0 spiro atoms. The van der Waals surface area contributed by atoms with Gasteiger partial charge in [-0.15, -0.1) is 0 Å². The van der Waals surface area contributed by atoms with E-state index in [9.17, 15) is 5.11 Å². The number of rotatable bonds is 4. The Hall–Kier alpha value is -1.96. The molecule has 0 radical (unpaired) electrons. The van der Waals surface area contributed by atoms with Gasteiger partial charge in [-0.25, -0.2) is 0 Å². The van der Waals surface area contributed by atoms with Crippen LogP contribution in [0.1, 0.15) is 51.2 Å². The van der Waals surface area contributed by atoms with Crippen LogP contribution in [0.4, 0.5) is 0 Å². The molecule has 0 unspecified atom stereocenters. The van der Waals surface area contributed by atoms with Crippen LogP contribution < -0.4 is 4.74 Å². The number of benzene rings is 2. The van der Waals surface area contributed by atoms with Crippen molar-refractivity contribution in [3.8, 4) is 11.5 Å². The molecule has 1 aliphatic carbocycles. The summed E-state index contributed by atoms with van der Waals surface area (Å²) >= 11 is 0. The topological polar surface area (TPSA) is 29.5 Å². The fourth-order valence-electron chi connectivity index (χ4n) is 3.29. The van der Waals surface area contributed by atoms with Crippen LogP contribution in [0.15, 0.2) is 48.5 Å². The van der Waals surface area contributed by atoms with Gasteiger partial charge in [-0.2, -0.15) is 0 Å². The summed E-state index contributed by atoms with van der Waals surface area (Å²) in [5, 5.41) is 10.2. The summed E-state index contributed by atoms with van der Waals surface area (Å²) in [6, 6.07) is 16.1. The molecule has 0 atom stereocenters. The maximum atomic E-state index is 10.2. The molecule has 23 heavy (non-hydrogen) atoms. The Morgan fingerprint density at radius 2 is 1.65 bits per heavy atom. The Bertz CT molecular complexity index is 661. The number of hydrogen-bond acceptors (Lipinski definition) is 2. The molecule has 0 aromatic heterocycles. The first-order chi connectivity index (χ1) is 10.9. The first-order valence-electron chi connectivity index (χ1n) is 8.43.